The van der Waals surface area contributed by atoms with Crippen LogP contribution in [0.25, 0.3) is 0 Å². The summed E-state index contributed by atoms with van der Waals surface area (Å²) in [5.41, 5.74) is 0.325. The van der Waals surface area contributed by atoms with E-state index in [9.17, 15) is 14.4 Å². The molecule has 9 nitrogen and oxygen atoms in total. The second-order valence-corrected chi connectivity index (χ2v) is 7.23. The second kappa shape index (κ2) is 11.5. The highest BCUT2D eigenvalue weighted by Gasteiger charge is 2.34. The standard InChI is InChI=1S/C20H27N3O6S/c1-13(2)29-16-7-5-4-6-14(16)18(25)22-20(30)23-9-8-21-19(26)15(23)12-17(24)28-11-10-27-3/h4-7,13,15H,8-12H2,1-3H3,(H,21,26)(H,22,25,30). The van der Waals surface area contributed by atoms with E-state index < -0.39 is 17.9 Å². The molecular formula is C20H27N3O6S. The van der Waals surface area contributed by atoms with Crippen molar-refractivity contribution < 1.29 is 28.6 Å². The summed E-state index contributed by atoms with van der Waals surface area (Å²) < 4.78 is 15.6. The molecule has 0 spiro atoms. The van der Waals surface area contributed by atoms with Crippen LogP contribution in [0.1, 0.15) is 30.6 Å². The molecule has 1 aromatic carbocycles. The van der Waals surface area contributed by atoms with Crippen LogP contribution in [0, 0.1) is 0 Å². The van der Waals surface area contributed by atoms with Crippen LogP contribution in [0.15, 0.2) is 24.3 Å². The quantitative estimate of drug-likeness (QED) is 0.351. The van der Waals surface area contributed by atoms with Crippen molar-refractivity contribution in [2.75, 3.05) is 33.4 Å². The van der Waals surface area contributed by atoms with Gasteiger partial charge in [-0.05, 0) is 38.2 Å². The van der Waals surface area contributed by atoms with Gasteiger partial charge in [-0.25, -0.2) is 0 Å². The van der Waals surface area contributed by atoms with Gasteiger partial charge in [-0.15, -0.1) is 0 Å². The zero-order chi connectivity index (χ0) is 22.1. The minimum atomic E-state index is -0.872. The van der Waals surface area contributed by atoms with E-state index in [0.717, 1.165) is 0 Å². The van der Waals surface area contributed by atoms with Crippen LogP contribution in [0.3, 0.4) is 0 Å². The number of esters is 1. The Hall–Kier alpha value is -2.72. The number of ether oxygens (including phenoxy) is 3. The van der Waals surface area contributed by atoms with Gasteiger partial charge in [0.05, 0.1) is 24.7 Å². The summed E-state index contributed by atoms with van der Waals surface area (Å²) >= 11 is 5.37. The maximum absolute atomic E-state index is 12.8. The lowest BCUT2D eigenvalue weighted by Gasteiger charge is -2.36. The predicted octanol–water partition coefficient (Wildman–Crippen LogP) is 0.869. The molecule has 1 aromatic rings. The van der Waals surface area contributed by atoms with Crippen molar-refractivity contribution in [1.82, 2.24) is 15.5 Å². The lowest BCUT2D eigenvalue weighted by Crippen LogP contribution is -2.60. The third-order valence-electron chi connectivity index (χ3n) is 4.22. The van der Waals surface area contributed by atoms with Gasteiger partial charge in [0, 0.05) is 20.2 Å². The van der Waals surface area contributed by atoms with Crippen molar-refractivity contribution in [2.24, 2.45) is 0 Å². The lowest BCUT2D eigenvalue weighted by atomic mass is 10.1. The first-order chi connectivity index (χ1) is 14.3. The Bertz CT molecular complexity index is 786. The molecule has 0 aromatic heterocycles. The summed E-state index contributed by atoms with van der Waals surface area (Å²) in [6, 6.07) is 5.95. The first-order valence-electron chi connectivity index (χ1n) is 9.63. The van der Waals surface area contributed by atoms with Crippen LogP contribution < -0.4 is 15.4 Å². The average Bonchev–Trinajstić information content (AvgIpc) is 2.69. The van der Waals surface area contributed by atoms with Gasteiger partial charge in [0.1, 0.15) is 18.4 Å². The van der Waals surface area contributed by atoms with E-state index in [2.05, 4.69) is 10.6 Å². The smallest absolute Gasteiger partial charge is 0.308 e. The fourth-order valence-electron chi connectivity index (χ4n) is 2.86. The van der Waals surface area contributed by atoms with Crippen LogP contribution >= 0.6 is 12.2 Å². The molecule has 10 heteroatoms. The molecule has 1 atom stereocenters. The summed E-state index contributed by atoms with van der Waals surface area (Å²) in [5.74, 6) is -0.930. The van der Waals surface area contributed by atoms with Crippen molar-refractivity contribution in [3.8, 4) is 5.75 Å². The number of thiocarbonyl (C=S) groups is 1. The molecule has 1 aliphatic rings. The van der Waals surface area contributed by atoms with E-state index in [1.807, 2.05) is 13.8 Å². The number of methoxy groups -OCH3 is 1. The normalized spacial score (nSPS) is 16.1. The molecule has 2 rings (SSSR count). The highest BCUT2D eigenvalue weighted by atomic mass is 32.1. The van der Waals surface area contributed by atoms with Gasteiger partial charge < -0.3 is 24.4 Å². The third kappa shape index (κ3) is 6.67. The molecular weight excluding hydrogens is 410 g/mol. The van der Waals surface area contributed by atoms with Gasteiger partial charge in [0.25, 0.3) is 5.91 Å². The molecule has 1 saturated heterocycles. The number of rotatable bonds is 8. The minimum Gasteiger partial charge on any atom is -0.490 e. The van der Waals surface area contributed by atoms with E-state index in [1.54, 1.807) is 24.3 Å². The van der Waals surface area contributed by atoms with Crippen molar-refractivity contribution in [2.45, 2.75) is 32.4 Å². The monoisotopic (exact) mass is 437 g/mol. The highest BCUT2D eigenvalue weighted by molar-refractivity contribution is 7.80. The minimum absolute atomic E-state index is 0.0592. The lowest BCUT2D eigenvalue weighted by molar-refractivity contribution is -0.148. The van der Waals surface area contributed by atoms with Gasteiger partial charge in [-0.3, -0.25) is 19.7 Å². The molecule has 0 bridgehead atoms. The molecule has 1 aliphatic heterocycles. The predicted molar refractivity (Wildman–Crippen MR) is 113 cm³/mol. The van der Waals surface area contributed by atoms with Crippen molar-refractivity contribution in [3.05, 3.63) is 29.8 Å². The summed E-state index contributed by atoms with van der Waals surface area (Å²) in [7, 11) is 1.50. The van der Waals surface area contributed by atoms with E-state index in [4.69, 9.17) is 26.4 Å². The molecule has 164 valence electrons. The van der Waals surface area contributed by atoms with Gasteiger partial charge >= 0.3 is 5.97 Å². The van der Waals surface area contributed by atoms with E-state index >= 15 is 0 Å². The Morgan fingerprint density at radius 2 is 2.03 bits per heavy atom. The molecule has 1 unspecified atom stereocenters. The van der Waals surface area contributed by atoms with Gasteiger partial charge in [0.2, 0.25) is 5.91 Å². The summed E-state index contributed by atoms with van der Waals surface area (Å²) in [6.45, 7) is 4.78. The first kappa shape index (κ1) is 23.6. The molecule has 30 heavy (non-hydrogen) atoms. The van der Waals surface area contributed by atoms with Crippen LogP contribution in [-0.4, -0.2) is 73.4 Å². The van der Waals surface area contributed by atoms with Crippen LogP contribution in [0.2, 0.25) is 0 Å². The van der Waals surface area contributed by atoms with E-state index in [-0.39, 0.29) is 36.8 Å². The van der Waals surface area contributed by atoms with Crippen molar-refractivity contribution in [1.29, 1.82) is 0 Å². The zero-order valence-corrected chi connectivity index (χ0v) is 18.1. The first-order valence-corrected chi connectivity index (χ1v) is 10.0. The van der Waals surface area contributed by atoms with Gasteiger partial charge in [0.15, 0.2) is 5.11 Å². The fourth-order valence-corrected chi connectivity index (χ4v) is 3.17. The SMILES string of the molecule is COCCOC(=O)CC1C(=O)NCCN1C(=S)NC(=O)c1ccccc1OC(C)C. The molecule has 2 amide bonds. The van der Waals surface area contributed by atoms with E-state index in [0.29, 0.717) is 24.4 Å². The Labute approximate surface area is 181 Å². The number of nitrogens with one attached hydrogen (secondary N) is 2. The number of para-hydroxylation sites is 1. The number of hydrogen-bond donors (Lipinski definition) is 2. The number of piperazine rings is 1. The largest absolute Gasteiger partial charge is 0.490 e. The van der Waals surface area contributed by atoms with Crippen LogP contribution in [-0.2, 0) is 19.1 Å². The molecule has 1 heterocycles. The summed E-state index contributed by atoms with van der Waals surface area (Å²) in [6.07, 6.45) is -0.302. The maximum Gasteiger partial charge on any atom is 0.308 e. The number of amides is 2. The Balaban J connectivity index is 2.07. The number of hydrogen-bond acceptors (Lipinski definition) is 7. The maximum atomic E-state index is 12.8. The van der Waals surface area contributed by atoms with Gasteiger partial charge in [-0.1, -0.05) is 12.1 Å². The average molecular weight is 438 g/mol. The Kier molecular flexibility index (Phi) is 9.00. The number of benzene rings is 1. The van der Waals surface area contributed by atoms with Gasteiger partial charge in [-0.2, -0.15) is 0 Å². The van der Waals surface area contributed by atoms with Crippen molar-refractivity contribution in [3.63, 3.8) is 0 Å². The van der Waals surface area contributed by atoms with Crippen molar-refractivity contribution >= 4 is 35.1 Å². The van der Waals surface area contributed by atoms with Crippen LogP contribution in [0.5, 0.6) is 5.75 Å². The second-order valence-electron chi connectivity index (χ2n) is 6.84. The number of nitrogens with zero attached hydrogens (tertiary/aromatic N) is 1. The highest BCUT2D eigenvalue weighted by Crippen LogP contribution is 2.19. The third-order valence-corrected chi connectivity index (χ3v) is 4.55. The number of carbonyl (C=O) groups is 3. The molecule has 0 radical (unpaired) electrons. The fraction of sp³-hybridized carbons (Fsp3) is 0.500. The molecule has 0 saturated carbocycles. The summed E-state index contributed by atoms with van der Waals surface area (Å²) in [4.78, 5) is 38.7. The van der Waals surface area contributed by atoms with E-state index in [1.165, 1.54) is 12.0 Å². The zero-order valence-electron chi connectivity index (χ0n) is 17.3. The Morgan fingerprint density at radius 3 is 2.73 bits per heavy atom. The van der Waals surface area contributed by atoms with Crippen LogP contribution in [0.4, 0.5) is 0 Å². The summed E-state index contributed by atoms with van der Waals surface area (Å²) in [5, 5.41) is 5.40. The molecule has 0 aliphatic carbocycles. The molecule has 1 fully saturated rings. The number of carbonyl (C=O) groups excluding carboxylic acids is 3. The molecule has 2 N–H and O–H groups in total. The topological polar surface area (TPSA) is 106 Å². The Morgan fingerprint density at radius 1 is 1.30 bits per heavy atom.